The van der Waals surface area contributed by atoms with Crippen molar-refractivity contribution in [2.75, 3.05) is 44.7 Å². The first-order valence-corrected chi connectivity index (χ1v) is 11.5. The van der Waals surface area contributed by atoms with E-state index in [1.54, 1.807) is 0 Å². The molecule has 1 aromatic heterocycles. The fraction of sp³-hybridized carbons (Fsp3) is 0.360. The highest BCUT2D eigenvalue weighted by molar-refractivity contribution is 5.71. The molecule has 3 aromatic rings. The van der Waals surface area contributed by atoms with Gasteiger partial charge in [-0.2, -0.15) is 0 Å². The van der Waals surface area contributed by atoms with Gasteiger partial charge in [0.15, 0.2) is 0 Å². The number of hydrogen-bond acceptors (Lipinski definition) is 8. The van der Waals surface area contributed by atoms with Crippen molar-refractivity contribution in [3.05, 3.63) is 66.0 Å². The summed E-state index contributed by atoms with van der Waals surface area (Å²) >= 11 is 0. The summed E-state index contributed by atoms with van der Waals surface area (Å²) in [5.41, 5.74) is 3.61. The Morgan fingerprint density at radius 3 is 2.42 bits per heavy atom. The summed E-state index contributed by atoms with van der Waals surface area (Å²) in [6.45, 7) is 6.64. The van der Waals surface area contributed by atoms with E-state index in [0.717, 1.165) is 49.5 Å². The van der Waals surface area contributed by atoms with E-state index in [-0.39, 0.29) is 5.75 Å². The van der Waals surface area contributed by atoms with Crippen LogP contribution >= 0.6 is 0 Å². The summed E-state index contributed by atoms with van der Waals surface area (Å²) in [7, 11) is 0. The largest absolute Gasteiger partial charge is 0.573 e. The second-order valence-corrected chi connectivity index (χ2v) is 8.33. The predicted octanol–water partition coefficient (Wildman–Crippen LogP) is 4.01. The van der Waals surface area contributed by atoms with Gasteiger partial charge in [-0.05, 0) is 36.8 Å². The minimum absolute atomic E-state index is 0.300. The number of nitrogens with zero attached hydrogens (tertiary/aromatic N) is 3. The zero-order chi connectivity index (χ0) is 25.5. The van der Waals surface area contributed by atoms with E-state index in [1.807, 2.05) is 31.2 Å². The zero-order valence-corrected chi connectivity index (χ0v) is 19.8. The Balaban J connectivity index is 1.37. The number of anilines is 2. The third-order valence-corrected chi connectivity index (χ3v) is 5.80. The van der Waals surface area contributed by atoms with Crippen molar-refractivity contribution in [3.63, 3.8) is 0 Å². The molecule has 0 bridgehead atoms. The van der Waals surface area contributed by atoms with Crippen LogP contribution in [0.2, 0.25) is 0 Å². The first-order chi connectivity index (χ1) is 17.3. The van der Waals surface area contributed by atoms with E-state index in [1.165, 1.54) is 30.6 Å². The summed E-state index contributed by atoms with van der Waals surface area (Å²) < 4.78 is 46.3. The molecule has 3 N–H and O–H groups in total. The minimum atomic E-state index is -4.74. The second kappa shape index (κ2) is 11.7. The molecule has 192 valence electrons. The number of benzene rings is 2. The molecule has 36 heavy (non-hydrogen) atoms. The Labute approximate surface area is 207 Å². The van der Waals surface area contributed by atoms with Crippen LogP contribution in [0.25, 0.3) is 11.3 Å². The molecule has 8 nitrogen and oxygen atoms in total. The Hall–Kier alpha value is -3.25. The van der Waals surface area contributed by atoms with Crippen molar-refractivity contribution in [3.8, 4) is 17.0 Å². The number of halogens is 3. The predicted molar refractivity (Wildman–Crippen MR) is 129 cm³/mol. The van der Waals surface area contributed by atoms with Gasteiger partial charge in [-0.25, -0.2) is 9.97 Å². The summed E-state index contributed by atoms with van der Waals surface area (Å²) in [4.78, 5) is 10.9. The topological polar surface area (TPSA) is 91.8 Å². The molecule has 1 fully saturated rings. The fourth-order valence-corrected chi connectivity index (χ4v) is 3.87. The van der Waals surface area contributed by atoms with Crippen LogP contribution in [0.1, 0.15) is 17.4 Å². The molecule has 11 heteroatoms. The third-order valence-electron chi connectivity index (χ3n) is 5.80. The van der Waals surface area contributed by atoms with Crippen LogP contribution in [-0.4, -0.2) is 65.7 Å². The number of morpholine rings is 1. The van der Waals surface area contributed by atoms with Gasteiger partial charge in [-0.1, -0.05) is 24.3 Å². The zero-order valence-electron chi connectivity index (χ0n) is 19.8. The van der Waals surface area contributed by atoms with Gasteiger partial charge < -0.3 is 19.9 Å². The van der Waals surface area contributed by atoms with Crippen molar-refractivity contribution in [1.29, 1.82) is 0 Å². The van der Waals surface area contributed by atoms with Gasteiger partial charge in [0.1, 0.15) is 24.1 Å². The average Bonchev–Trinajstić information content (AvgIpc) is 2.86. The number of hydrogen-bond donors (Lipinski definition) is 3. The first-order valence-electron chi connectivity index (χ1n) is 11.5. The highest BCUT2D eigenvalue weighted by Gasteiger charge is 2.31. The number of aliphatic hydroxyl groups is 1. The number of rotatable bonds is 9. The fourth-order valence-electron chi connectivity index (χ4n) is 3.87. The second-order valence-electron chi connectivity index (χ2n) is 8.33. The lowest BCUT2D eigenvalue weighted by Gasteiger charge is -2.27. The summed E-state index contributed by atoms with van der Waals surface area (Å²) in [6, 6.07) is 12.9. The Bertz CT molecular complexity index is 1120. The average molecular weight is 504 g/mol. The minimum Gasteiger partial charge on any atom is -0.406 e. The molecule has 0 radical (unpaired) electrons. The summed E-state index contributed by atoms with van der Waals surface area (Å²) in [5.74, 6) is 0.226. The van der Waals surface area contributed by atoms with Crippen molar-refractivity contribution in [2.24, 2.45) is 0 Å². The van der Waals surface area contributed by atoms with Crippen LogP contribution < -0.4 is 15.4 Å². The summed E-state index contributed by atoms with van der Waals surface area (Å²) in [5, 5.41) is 16.7. The lowest BCUT2D eigenvalue weighted by molar-refractivity contribution is -0.274. The highest BCUT2D eigenvalue weighted by atomic mass is 19.4. The van der Waals surface area contributed by atoms with E-state index >= 15 is 0 Å². The van der Waals surface area contributed by atoms with E-state index in [2.05, 4.69) is 30.2 Å². The molecule has 0 saturated carbocycles. The molecular weight excluding hydrogens is 475 g/mol. The van der Waals surface area contributed by atoms with Gasteiger partial charge in [0.25, 0.3) is 0 Å². The molecule has 1 aliphatic rings. The lowest BCUT2D eigenvalue weighted by atomic mass is 10.0. The first kappa shape index (κ1) is 25.8. The smallest absolute Gasteiger partial charge is 0.406 e. The van der Waals surface area contributed by atoms with Crippen LogP contribution in [-0.2, 0) is 4.74 Å². The van der Waals surface area contributed by atoms with Crippen LogP contribution in [0.3, 0.4) is 0 Å². The van der Waals surface area contributed by atoms with E-state index in [9.17, 15) is 18.3 Å². The SMILES string of the molecule is Cc1c(Nc2ccc(OC(F)(F)F)cc2)ncnc1-c1ccc(C(O)NCCN2CCOCC2)cc1. The van der Waals surface area contributed by atoms with Crippen molar-refractivity contribution >= 4 is 11.5 Å². The molecular formula is C25H28F3N5O3. The maximum absolute atomic E-state index is 12.4. The van der Waals surface area contributed by atoms with Gasteiger partial charge in [0.2, 0.25) is 0 Å². The maximum Gasteiger partial charge on any atom is 0.573 e. The molecule has 1 atom stereocenters. The molecule has 1 saturated heterocycles. The van der Waals surface area contributed by atoms with Crippen LogP contribution in [0.5, 0.6) is 5.75 Å². The summed E-state index contributed by atoms with van der Waals surface area (Å²) in [6.07, 6.45) is -4.10. The van der Waals surface area contributed by atoms with E-state index in [4.69, 9.17) is 4.74 Å². The normalized spacial score (nSPS) is 15.5. The van der Waals surface area contributed by atoms with Gasteiger partial charge in [-0.15, -0.1) is 13.2 Å². The van der Waals surface area contributed by atoms with E-state index < -0.39 is 12.6 Å². The Morgan fingerprint density at radius 2 is 1.75 bits per heavy atom. The standard InChI is InChI=1S/C25H28F3N5O3/c1-17-22(30-16-31-23(17)32-20-6-8-21(9-7-20)36-25(26,27)28)18-2-4-19(5-3-18)24(34)29-10-11-33-12-14-35-15-13-33/h2-9,16,24,29,34H,10-15H2,1H3,(H,30,31,32). The molecule has 0 aliphatic carbocycles. The number of aromatic nitrogens is 2. The molecule has 2 heterocycles. The number of aliphatic hydroxyl groups excluding tert-OH is 1. The number of ether oxygens (including phenoxy) is 2. The molecule has 2 aromatic carbocycles. The quantitative estimate of drug-likeness (QED) is 0.378. The van der Waals surface area contributed by atoms with Crippen LogP contribution in [0.15, 0.2) is 54.9 Å². The van der Waals surface area contributed by atoms with Gasteiger partial charge >= 0.3 is 6.36 Å². The van der Waals surface area contributed by atoms with Crippen LogP contribution in [0, 0.1) is 6.92 Å². The van der Waals surface area contributed by atoms with Gasteiger partial charge in [0, 0.05) is 43.0 Å². The molecule has 4 rings (SSSR count). The highest BCUT2D eigenvalue weighted by Crippen LogP contribution is 2.29. The van der Waals surface area contributed by atoms with Gasteiger partial charge in [0.05, 0.1) is 18.9 Å². The van der Waals surface area contributed by atoms with Crippen molar-refractivity contribution < 1.29 is 27.8 Å². The third kappa shape index (κ3) is 7.14. The molecule has 0 amide bonds. The van der Waals surface area contributed by atoms with Crippen LogP contribution in [0.4, 0.5) is 24.7 Å². The van der Waals surface area contributed by atoms with Gasteiger partial charge in [-0.3, -0.25) is 10.2 Å². The lowest BCUT2D eigenvalue weighted by Crippen LogP contribution is -2.40. The van der Waals surface area contributed by atoms with Crippen molar-refractivity contribution in [1.82, 2.24) is 20.2 Å². The Kier molecular flexibility index (Phi) is 8.36. The monoisotopic (exact) mass is 503 g/mol. The number of nitrogens with one attached hydrogen (secondary N) is 2. The number of alkyl halides is 3. The molecule has 1 unspecified atom stereocenters. The molecule has 1 aliphatic heterocycles. The molecule has 0 spiro atoms. The maximum atomic E-state index is 12.4. The van der Waals surface area contributed by atoms with E-state index in [0.29, 0.717) is 23.7 Å². The van der Waals surface area contributed by atoms with Crippen molar-refractivity contribution in [2.45, 2.75) is 19.5 Å². The Morgan fingerprint density at radius 1 is 1.06 bits per heavy atom.